The lowest BCUT2D eigenvalue weighted by Crippen LogP contribution is -2.26. The van der Waals surface area contributed by atoms with Gasteiger partial charge in [-0.2, -0.15) is 0 Å². The van der Waals surface area contributed by atoms with Crippen LogP contribution < -0.4 is 0 Å². The molecule has 3 nitrogen and oxygen atoms in total. The van der Waals surface area contributed by atoms with Crippen molar-refractivity contribution in [3.8, 4) is 0 Å². The van der Waals surface area contributed by atoms with Crippen LogP contribution in [-0.4, -0.2) is 23.5 Å². The van der Waals surface area contributed by atoms with Crippen molar-refractivity contribution in [2.75, 3.05) is 6.61 Å². The summed E-state index contributed by atoms with van der Waals surface area (Å²) in [5.41, 5.74) is 2.25. The third-order valence-corrected chi connectivity index (χ3v) is 6.45. The minimum Gasteiger partial charge on any atom is -0.474 e. The number of hydrogen-bond acceptors (Lipinski definition) is 3. The van der Waals surface area contributed by atoms with E-state index in [0.717, 1.165) is 23.4 Å². The summed E-state index contributed by atoms with van der Waals surface area (Å²) < 4.78 is 5.76. The number of aromatic nitrogens is 1. The molecule has 0 N–H and O–H groups in total. The molecular weight excluding hydrogens is 308 g/mol. The molecule has 1 aromatic rings. The molecule has 0 amide bonds. The normalized spacial score (nSPS) is 25.8. The molecule has 0 radical (unpaired) electrons. The fraction of sp³-hybridized carbons (Fsp3) is 0.727. The largest absolute Gasteiger partial charge is 0.474 e. The second-order valence-corrected chi connectivity index (χ2v) is 8.36. The number of rotatable bonds is 4. The van der Waals surface area contributed by atoms with Gasteiger partial charge in [0.25, 0.3) is 0 Å². The Balaban J connectivity index is 1.62. The lowest BCUT2D eigenvalue weighted by Gasteiger charge is -2.37. The van der Waals surface area contributed by atoms with E-state index < -0.39 is 0 Å². The molecule has 2 fully saturated rings. The zero-order valence-electron chi connectivity index (χ0n) is 15.6. The first-order valence-corrected chi connectivity index (χ1v) is 10.5. The Labute approximate surface area is 152 Å². The van der Waals surface area contributed by atoms with E-state index in [1.54, 1.807) is 0 Å². The highest BCUT2D eigenvalue weighted by molar-refractivity contribution is 5.93. The first-order chi connectivity index (χ1) is 12.3. The number of aliphatic imine (C=N–C) groups is 1. The number of ether oxygens (including phenoxy) is 1. The van der Waals surface area contributed by atoms with Crippen molar-refractivity contribution >= 4 is 5.90 Å². The van der Waals surface area contributed by atoms with Gasteiger partial charge in [-0.15, -0.1) is 0 Å². The summed E-state index contributed by atoms with van der Waals surface area (Å²) in [5.74, 6) is 3.04. The molecule has 0 saturated heterocycles. The highest BCUT2D eigenvalue weighted by atomic mass is 16.5. The van der Waals surface area contributed by atoms with E-state index in [1.165, 1.54) is 69.9 Å². The highest BCUT2D eigenvalue weighted by Crippen LogP contribution is 2.45. The molecule has 2 heterocycles. The van der Waals surface area contributed by atoms with Crippen molar-refractivity contribution in [2.45, 2.75) is 83.1 Å². The van der Waals surface area contributed by atoms with Crippen molar-refractivity contribution < 1.29 is 4.74 Å². The number of nitrogens with zero attached hydrogens (tertiary/aromatic N) is 2. The first-order valence-electron chi connectivity index (χ1n) is 10.5. The zero-order chi connectivity index (χ0) is 17.1. The van der Waals surface area contributed by atoms with Crippen LogP contribution in [0.25, 0.3) is 0 Å². The Morgan fingerprint density at radius 1 is 0.920 bits per heavy atom. The molecular formula is C22H32N2O. The van der Waals surface area contributed by atoms with Crippen LogP contribution in [-0.2, 0) is 4.74 Å². The second-order valence-electron chi connectivity index (χ2n) is 8.36. The van der Waals surface area contributed by atoms with Crippen LogP contribution in [0.4, 0.5) is 0 Å². The average molecular weight is 341 g/mol. The van der Waals surface area contributed by atoms with Gasteiger partial charge in [0.05, 0.1) is 6.04 Å². The summed E-state index contributed by atoms with van der Waals surface area (Å²) in [4.78, 5) is 9.70. The molecule has 0 unspecified atom stereocenters. The van der Waals surface area contributed by atoms with Crippen molar-refractivity contribution in [2.24, 2.45) is 16.8 Å². The molecule has 25 heavy (non-hydrogen) atoms. The van der Waals surface area contributed by atoms with Gasteiger partial charge in [0.2, 0.25) is 5.90 Å². The maximum atomic E-state index is 5.76. The van der Waals surface area contributed by atoms with Gasteiger partial charge in [0.15, 0.2) is 0 Å². The van der Waals surface area contributed by atoms with Crippen molar-refractivity contribution in [1.29, 1.82) is 0 Å². The standard InChI is InChI=1S/C22H32N2O/c1-16-15-25-22(23-16)20-14-8-13-19(24-20)21(17-9-4-2-5-10-17)18-11-6-3-7-12-18/h8,13-14,16-18,21H,2-7,9-12,15H2,1H3/t16-/m0/s1. The smallest absolute Gasteiger partial charge is 0.235 e. The minimum absolute atomic E-state index is 0.257. The van der Waals surface area contributed by atoms with Crippen LogP contribution in [0, 0.1) is 11.8 Å². The number of hydrogen-bond donors (Lipinski definition) is 0. The topological polar surface area (TPSA) is 34.5 Å². The molecule has 2 aliphatic carbocycles. The predicted molar refractivity (Wildman–Crippen MR) is 102 cm³/mol. The lowest BCUT2D eigenvalue weighted by molar-refractivity contribution is 0.199. The summed E-state index contributed by atoms with van der Waals surface area (Å²) in [6.07, 6.45) is 14.0. The summed E-state index contributed by atoms with van der Waals surface area (Å²) in [6, 6.07) is 6.77. The predicted octanol–water partition coefficient (Wildman–Crippen LogP) is 5.49. The summed E-state index contributed by atoms with van der Waals surface area (Å²) in [5, 5.41) is 0. The molecule has 0 spiro atoms. The van der Waals surface area contributed by atoms with E-state index in [-0.39, 0.29) is 6.04 Å². The fourth-order valence-electron chi connectivity index (χ4n) is 5.22. The van der Waals surface area contributed by atoms with Crippen LogP contribution in [0.2, 0.25) is 0 Å². The van der Waals surface area contributed by atoms with Gasteiger partial charge in [0, 0.05) is 11.6 Å². The maximum Gasteiger partial charge on any atom is 0.235 e. The van der Waals surface area contributed by atoms with Gasteiger partial charge in [-0.25, -0.2) is 9.98 Å². The first kappa shape index (κ1) is 17.1. The van der Waals surface area contributed by atoms with E-state index in [4.69, 9.17) is 9.72 Å². The van der Waals surface area contributed by atoms with E-state index >= 15 is 0 Å². The molecule has 3 heteroatoms. The van der Waals surface area contributed by atoms with Crippen molar-refractivity contribution in [1.82, 2.24) is 4.98 Å². The van der Waals surface area contributed by atoms with Gasteiger partial charge >= 0.3 is 0 Å². The number of pyridine rings is 1. The monoisotopic (exact) mass is 340 g/mol. The van der Waals surface area contributed by atoms with Crippen molar-refractivity contribution in [3.63, 3.8) is 0 Å². The minimum atomic E-state index is 0.257. The molecule has 2 saturated carbocycles. The van der Waals surface area contributed by atoms with E-state index in [9.17, 15) is 0 Å². The Hall–Kier alpha value is -1.38. The van der Waals surface area contributed by atoms with E-state index in [2.05, 4.69) is 30.1 Å². The van der Waals surface area contributed by atoms with Crippen LogP contribution >= 0.6 is 0 Å². The van der Waals surface area contributed by atoms with Gasteiger partial charge < -0.3 is 4.74 Å². The molecule has 1 aliphatic heterocycles. The summed E-state index contributed by atoms with van der Waals surface area (Å²) >= 11 is 0. The molecule has 4 rings (SSSR count). The van der Waals surface area contributed by atoms with E-state index in [0.29, 0.717) is 12.5 Å². The maximum absolute atomic E-state index is 5.76. The Bertz CT molecular complexity index is 582. The lowest BCUT2D eigenvalue weighted by atomic mass is 9.68. The second kappa shape index (κ2) is 7.88. The molecule has 1 aromatic heterocycles. The van der Waals surface area contributed by atoms with Crippen molar-refractivity contribution in [3.05, 3.63) is 29.6 Å². The zero-order valence-corrected chi connectivity index (χ0v) is 15.6. The van der Waals surface area contributed by atoms with Crippen LogP contribution in [0.15, 0.2) is 23.2 Å². The van der Waals surface area contributed by atoms with Gasteiger partial charge in [-0.05, 0) is 56.6 Å². The average Bonchev–Trinajstić information content (AvgIpc) is 3.11. The summed E-state index contributed by atoms with van der Waals surface area (Å²) in [7, 11) is 0. The molecule has 0 aromatic carbocycles. The highest BCUT2D eigenvalue weighted by Gasteiger charge is 2.34. The Kier molecular flexibility index (Phi) is 5.38. The van der Waals surface area contributed by atoms with Crippen LogP contribution in [0.3, 0.4) is 0 Å². The van der Waals surface area contributed by atoms with Crippen LogP contribution in [0.5, 0.6) is 0 Å². The third-order valence-electron chi connectivity index (χ3n) is 6.45. The van der Waals surface area contributed by atoms with Gasteiger partial charge in [-0.1, -0.05) is 44.6 Å². The molecule has 0 bridgehead atoms. The van der Waals surface area contributed by atoms with Gasteiger partial charge in [-0.3, -0.25) is 0 Å². The van der Waals surface area contributed by atoms with Gasteiger partial charge in [0.1, 0.15) is 12.3 Å². The third kappa shape index (κ3) is 3.91. The van der Waals surface area contributed by atoms with E-state index in [1.807, 2.05) is 0 Å². The summed E-state index contributed by atoms with van der Waals surface area (Å²) in [6.45, 7) is 2.79. The molecule has 1 atom stereocenters. The quantitative estimate of drug-likeness (QED) is 0.726. The SMILES string of the molecule is C[C@H]1COC(c2cccc(C(C3CCCCC3)C3CCCCC3)n2)=N1. The van der Waals surface area contributed by atoms with Crippen LogP contribution in [0.1, 0.15) is 88.4 Å². The Morgan fingerprint density at radius 2 is 1.56 bits per heavy atom. The Morgan fingerprint density at radius 3 is 2.12 bits per heavy atom. The molecule has 136 valence electrons. The molecule has 3 aliphatic rings. The fourth-order valence-corrected chi connectivity index (χ4v) is 5.22.